The molecule has 1 aliphatic carbocycles. The van der Waals surface area contributed by atoms with Gasteiger partial charge < -0.3 is 4.74 Å². The van der Waals surface area contributed by atoms with Crippen molar-refractivity contribution in [2.45, 2.75) is 51.3 Å². The minimum absolute atomic E-state index is 0.0726. The van der Waals surface area contributed by atoms with Gasteiger partial charge >= 0.3 is 6.18 Å². The Labute approximate surface area is 111 Å². The number of ether oxygens (including phenoxy) is 1. The quantitative estimate of drug-likeness (QED) is 0.745. The van der Waals surface area contributed by atoms with Crippen molar-refractivity contribution in [3.63, 3.8) is 0 Å². The molecule has 19 heavy (non-hydrogen) atoms. The van der Waals surface area contributed by atoms with Gasteiger partial charge in [0.05, 0.1) is 5.56 Å². The molecule has 1 fully saturated rings. The van der Waals surface area contributed by atoms with Crippen LogP contribution in [-0.2, 0) is 6.18 Å². The smallest absolute Gasteiger partial charge is 0.416 e. The largest absolute Gasteiger partial charge is 0.490 e. The zero-order valence-corrected chi connectivity index (χ0v) is 11.0. The number of hydrogen-bond donors (Lipinski definition) is 0. The van der Waals surface area contributed by atoms with Crippen molar-refractivity contribution in [1.29, 1.82) is 0 Å². The summed E-state index contributed by atoms with van der Waals surface area (Å²) >= 11 is 0. The average Bonchev–Trinajstić information content (AvgIpc) is 2.77. The molecule has 0 aliphatic heterocycles. The molecule has 0 saturated heterocycles. The minimum atomic E-state index is -4.31. The first-order valence-corrected chi connectivity index (χ1v) is 6.84. The van der Waals surface area contributed by atoms with Gasteiger partial charge in [-0.25, -0.2) is 0 Å². The Morgan fingerprint density at radius 1 is 1.26 bits per heavy atom. The lowest BCUT2D eigenvalue weighted by atomic mass is 10.00. The van der Waals surface area contributed by atoms with Crippen LogP contribution in [0.3, 0.4) is 0 Å². The topological polar surface area (TPSA) is 9.23 Å². The number of halogens is 3. The van der Waals surface area contributed by atoms with Gasteiger partial charge in [-0.15, -0.1) is 0 Å². The maximum atomic E-state index is 12.6. The Kier molecular flexibility index (Phi) is 4.38. The Morgan fingerprint density at radius 3 is 2.74 bits per heavy atom. The van der Waals surface area contributed by atoms with Crippen molar-refractivity contribution in [3.8, 4) is 5.75 Å². The van der Waals surface area contributed by atoms with Crippen molar-refractivity contribution in [1.82, 2.24) is 0 Å². The molecule has 1 nitrogen and oxygen atoms in total. The molecule has 0 spiro atoms. The number of alkyl halides is 3. The van der Waals surface area contributed by atoms with Crippen LogP contribution in [-0.4, -0.2) is 6.10 Å². The van der Waals surface area contributed by atoms with Crippen LogP contribution in [0.5, 0.6) is 5.75 Å². The summed E-state index contributed by atoms with van der Waals surface area (Å²) in [6.45, 7) is 2.12. The second-order valence-electron chi connectivity index (χ2n) is 5.16. The van der Waals surface area contributed by atoms with Crippen molar-refractivity contribution in [2.75, 3.05) is 0 Å². The lowest BCUT2D eigenvalue weighted by Crippen LogP contribution is -2.21. The van der Waals surface area contributed by atoms with Gasteiger partial charge in [-0.3, -0.25) is 0 Å². The van der Waals surface area contributed by atoms with Gasteiger partial charge in [0.1, 0.15) is 11.9 Å². The maximum absolute atomic E-state index is 12.6. The van der Waals surface area contributed by atoms with E-state index in [0.717, 1.165) is 44.2 Å². The molecule has 0 bridgehead atoms. The summed E-state index contributed by atoms with van der Waals surface area (Å²) in [4.78, 5) is 0. The summed E-state index contributed by atoms with van der Waals surface area (Å²) in [7, 11) is 0. The molecule has 2 atom stereocenters. The van der Waals surface area contributed by atoms with E-state index in [-0.39, 0.29) is 6.10 Å². The first-order valence-electron chi connectivity index (χ1n) is 6.84. The van der Waals surface area contributed by atoms with Crippen molar-refractivity contribution in [3.05, 3.63) is 29.8 Å². The van der Waals surface area contributed by atoms with E-state index in [9.17, 15) is 13.2 Å². The summed E-state index contributed by atoms with van der Waals surface area (Å²) in [5.41, 5.74) is -0.643. The van der Waals surface area contributed by atoms with Crippen molar-refractivity contribution in [2.24, 2.45) is 5.92 Å². The van der Waals surface area contributed by atoms with Gasteiger partial charge in [0.25, 0.3) is 0 Å². The van der Waals surface area contributed by atoms with Crippen LogP contribution in [0.25, 0.3) is 0 Å². The molecule has 2 rings (SSSR count). The second-order valence-corrected chi connectivity index (χ2v) is 5.16. The van der Waals surface area contributed by atoms with Crippen LogP contribution >= 0.6 is 0 Å². The van der Waals surface area contributed by atoms with E-state index in [1.807, 2.05) is 0 Å². The molecule has 1 saturated carbocycles. The van der Waals surface area contributed by atoms with E-state index in [1.165, 1.54) is 6.07 Å². The molecule has 1 aliphatic rings. The maximum Gasteiger partial charge on any atom is 0.416 e. The first-order chi connectivity index (χ1) is 9.00. The highest BCUT2D eigenvalue weighted by atomic mass is 19.4. The van der Waals surface area contributed by atoms with Crippen LogP contribution in [0.15, 0.2) is 24.3 Å². The summed E-state index contributed by atoms with van der Waals surface area (Å²) < 4.78 is 43.6. The molecule has 0 heterocycles. The number of rotatable bonds is 4. The highest BCUT2D eigenvalue weighted by Gasteiger charge is 2.32. The van der Waals surface area contributed by atoms with Crippen LogP contribution in [0, 0.1) is 5.92 Å². The van der Waals surface area contributed by atoms with Gasteiger partial charge in [0.2, 0.25) is 0 Å². The fourth-order valence-electron chi connectivity index (χ4n) is 2.78. The molecule has 0 N–H and O–H groups in total. The Hall–Kier alpha value is -1.19. The van der Waals surface area contributed by atoms with Gasteiger partial charge in [-0.05, 0) is 49.8 Å². The molecule has 106 valence electrons. The summed E-state index contributed by atoms with van der Waals surface area (Å²) in [6.07, 6.45) is 1.12. The SMILES string of the molecule is CCCC1CCCC1Oc1cccc(C(F)(F)F)c1. The highest BCUT2D eigenvalue weighted by Crippen LogP contribution is 2.35. The average molecular weight is 272 g/mol. The predicted octanol–water partition coefficient (Wildman–Crippen LogP) is 5.05. The molecular formula is C15H19F3O. The molecule has 2 unspecified atom stereocenters. The highest BCUT2D eigenvalue weighted by molar-refractivity contribution is 5.30. The van der Waals surface area contributed by atoms with Crippen LogP contribution in [0.2, 0.25) is 0 Å². The third kappa shape index (κ3) is 3.64. The summed E-state index contributed by atoms with van der Waals surface area (Å²) in [5.74, 6) is 0.822. The third-order valence-electron chi connectivity index (χ3n) is 3.70. The van der Waals surface area contributed by atoms with Crippen LogP contribution < -0.4 is 4.74 Å². The van der Waals surface area contributed by atoms with E-state index in [0.29, 0.717) is 11.7 Å². The lowest BCUT2D eigenvalue weighted by molar-refractivity contribution is -0.137. The molecular weight excluding hydrogens is 253 g/mol. The number of benzene rings is 1. The van der Waals surface area contributed by atoms with E-state index < -0.39 is 11.7 Å². The van der Waals surface area contributed by atoms with Gasteiger partial charge in [0.15, 0.2) is 0 Å². The second kappa shape index (κ2) is 5.85. The standard InChI is InChI=1S/C15H19F3O/c1-2-5-11-6-3-9-14(11)19-13-8-4-7-12(10-13)15(16,17)18/h4,7-8,10-11,14H,2-3,5-6,9H2,1H3. The zero-order chi connectivity index (χ0) is 13.9. The molecule has 0 aromatic heterocycles. The lowest BCUT2D eigenvalue weighted by Gasteiger charge is -2.21. The predicted molar refractivity (Wildman–Crippen MR) is 68.1 cm³/mol. The van der Waals surface area contributed by atoms with Gasteiger partial charge in [0, 0.05) is 0 Å². The monoisotopic (exact) mass is 272 g/mol. The van der Waals surface area contributed by atoms with E-state index >= 15 is 0 Å². The summed E-state index contributed by atoms with van der Waals surface area (Å²) in [5, 5.41) is 0. The van der Waals surface area contributed by atoms with Crippen LogP contribution in [0.1, 0.15) is 44.6 Å². The van der Waals surface area contributed by atoms with E-state index in [1.54, 1.807) is 6.07 Å². The van der Waals surface area contributed by atoms with Gasteiger partial charge in [-0.2, -0.15) is 13.2 Å². The molecule has 0 radical (unpaired) electrons. The molecule has 4 heteroatoms. The molecule has 1 aromatic rings. The Balaban J connectivity index is 2.06. The normalized spacial score (nSPS) is 23.6. The van der Waals surface area contributed by atoms with Crippen molar-refractivity contribution >= 4 is 0 Å². The fraction of sp³-hybridized carbons (Fsp3) is 0.600. The van der Waals surface area contributed by atoms with Crippen molar-refractivity contribution < 1.29 is 17.9 Å². The summed E-state index contributed by atoms with van der Waals surface area (Å²) in [6, 6.07) is 5.19. The fourth-order valence-corrected chi connectivity index (χ4v) is 2.78. The van der Waals surface area contributed by atoms with Crippen LogP contribution in [0.4, 0.5) is 13.2 Å². The van der Waals surface area contributed by atoms with E-state index in [2.05, 4.69) is 6.92 Å². The van der Waals surface area contributed by atoms with Gasteiger partial charge in [-0.1, -0.05) is 19.4 Å². The zero-order valence-electron chi connectivity index (χ0n) is 11.0. The molecule has 1 aromatic carbocycles. The third-order valence-corrected chi connectivity index (χ3v) is 3.70. The first kappa shape index (κ1) is 14.2. The Morgan fingerprint density at radius 2 is 2.05 bits per heavy atom. The minimum Gasteiger partial charge on any atom is -0.490 e. The molecule has 0 amide bonds. The Bertz CT molecular complexity index is 414. The van der Waals surface area contributed by atoms with E-state index in [4.69, 9.17) is 4.74 Å². The number of hydrogen-bond acceptors (Lipinski definition) is 1.